The zero-order valence-corrected chi connectivity index (χ0v) is 38.2. The van der Waals surface area contributed by atoms with Gasteiger partial charge in [0, 0.05) is 80.8 Å². The molecule has 20 heteroatoms. The van der Waals surface area contributed by atoms with Crippen molar-refractivity contribution in [2.75, 3.05) is 74.1 Å². The van der Waals surface area contributed by atoms with Crippen molar-refractivity contribution < 1.29 is 40.8 Å². The van der Waals surface area contributed by atoms with Crippen molar-refractivity contribution in [2.45, 2.75) is 56.2 Å². The number of carbonyl (C=O) groups is 1. The maximum absolute atomic E-state index is 14.3. The Morgan fingerprint density at radius 2 is 1.75 bits per heavy atom. The average molecular weight is 963 g/mol. The molecule has 4 aliphatic rings. The van der Waals surface area contributed by atoms with E-state index < -0.39 is 49.6 Å². The van der Waals surface area contributed by atoms with E-state index in [0.717, 1.165) is 46.7 Å². The number of halogens is 4. The quantitative estimate of drug-likeness (QED) is 0.0801. The highest BCUT2D eigenvalue weighted by Gasteiger charge is 2.42. The number of nitrogens with zero attached hydrogens (tertiary/aromatic N) is 5. The summed E-state index contributed by atoms with van der Waals surface area (Å²) in [6.07, 6.45) is -1.07. The maximum Gasteiger partial charge on any atom is 0.392 e. The summed E-state index contributed by atoms with van der Waals surface area (Å²) < 4.78 is 83.7. The van der Waals surface area contributed by atoms with Crippen LogP contribution in [0.25, 0.3) is 16.6 Å². The van der Waals surface area contributed by atoms with Crippen LogP contribution in [0.15, 0.2) is 89.5 Å². The SMILES string of the molecule is C[C@@H]1CN(c2cc(N3CCN(CC4=C(c5ccc(Cl)cc5)CC[C@@H](C(F)(F)F)C4)CC3)ccc2C(=O)NS(=O)(=O)c2ccc(NCC3CCOCC3)c([N+](=O)[O-])c2)c2cc3cc[nH]c3nc2O1. The van der Waals surface area contributed by atoms with Crippen LogP contribution in [0.2, 0.25) is 5.02 Å². The smallest absolute Gasteiger partial charge is 0.392 e. The molecule has 5 heterocycles. The van der Waals surface area contributed by atoms with E-state index in [4.69, 9.17) is 26.1 Å². The molecule has 67 heavy (non-hydrogen) atoms. The summed E-state index contributed by atoms with van der Waals surface area (Å²) in [5.74, 6) is -1.81. The number of amides is 1. The number of nitrogens with one attached hydrogen (secondary N) is 3. The van der Waals surface area contributed by atoms with Gasteiger partial charge in [-0.2, -0.15) is 18.2 Å². The molecule has 3 N–H and O–H groups in total. The molecule has 0 spiro atoms. The summed E-state index contributed by atoms with van der Waals surface area (Å²) in [6, 6.07) is 19.6. The number of pyridine rings is 1. The number of allylic oxidation sites excluding steroid dienone is 1. The first kappa shape index (κ1) is 46.2. The van der Waals surface area contributed by atoms with Crippen LogP contribution in [-0.4, -0.2) is 105 Å². The Labute approximate surface area is 390 Å². The topological polar surface area (TPSA) is 175 Å². The van der Waals surface area contributed by atoms with E-state index in [1.807, 2.05) is 42.2 Å². The van der Waals surface area contributed by atoms with Gasteiger partial charge >= 0.3 is 6.18 Å². The minimum absolute atomic E-state index is 0.0163. The van der Waals surface area contributed by atoms with Gasteiger partial charge in [-0.25, -0.2) is 13.1 Å². The zero-order valence-electron chi connectivity index (χ0n) is 36.7. The van der Waals surface area contributed by atoms with Crippen LogP contribution in [0, 0.1) is 22.0 Å². The van der Waals surface area contributed by atoms with E-state index >= 15 is 0 Å². The number of alkyl halides is 3. The van der Waals surface area contributed by atoms with E-state index in [1.54, 1.807) is 30.5 Å². The zero-order chi connectivity index (χ0) is 47.0. The Hall–Kier alpha value is -5.89. The van der Waals surface area contributed by atoms with Crippen molar-refractivity contribution >= 4 is 72.6 Å². The van der Waals surface area contributed by atoms with Gasteiger partial charge in [0.25, 0.3) is 21.6 Å². The largest absolute Gasteiger partial charge is 0.471 e. The second-order valence-corrected chi connectivity index (χ2v) is 19.7. The second kappa shape index (κ2) is 19.0. The number of H-pyrrole nitrogens is 1. The van der Waals surface area contributed by atoms with Crippen LogP contribution in [0.4, 0.5) is 41.6 Å². The Morgan fingerprint density at radius 3 is 2.48 bits per heavy atom. The fourth-order valence-corrected chi connectivity index (χ4v) is 10.6. The van der Waals surface area contributed by atoms with E-state index in [-0.39, 0.29) is 36.6 Å². The Kier molecular flexibility index (Phi) is 13.1. The summed E-state index contributed by atoms with van der Waals surface area (Å²) in [7, 11) is -4.64. The fourth-order valence-electron chi connectivity index (χ4n) is 9.49. The lowest BCUT2D eigenvalue weighted by Crippen LogP contribution is -2.47. The van der Waals surface area contributed by atoms with E-state index in [0.29, 0.717) is 86.8 Å². The van der Waals surface area contributed by atoms with Gasteiger partial charge in [-0.05, 0) is 111 Å². The van der Waals surface area contributed by atoms with Crippen molar-refractivity contribution in [3.05, 3.63) is 111 Å². The van der Waals surface area contributed by atoms with Gasteiger partial charge in [0.05, 0.1) is 33.5 Å². The molecule has 2 fully saturated rings. The molecule has 1 aliphatic carbocycles. The number of benzene rings is 3. The Balaban J connectivity index is 0.987. The third-order valence-electron chi connectivity index (χ3n) is 13.1. The molecule has 1 amide bonds. The average Bonchev–Trinajstić information content (AvgIpc) is 3.77. The van der Waals surface area contributed by atoms with Crippen molar-refractivity contribution in [2.24, 2.45) is 11.8 Å². The number of piperazine rings is 1. The monoisotopic (exact) mass is 962 g/mol. The molecule has 3 aliphatic heterocycles. The number of hydrogen-bond donors (Lipinski definition) is 3. The van der Waals surface area contributed by atoms with Gasteiger partial charge in [-0.15, -0.1) is 0 Å². The van der Waals surface area contributed by atoms with Crippen molar-refractivity contribution in [1.29, 1.82) is 0 Å². The molecule has 0 unspecified atom stereocenters. The molecular formula is C47H50ClF3N8O7S. The van der Waals surface area contributed by atoms with Crippen LogP contribution in [0.3, 0.4) is 0 Å². The number of rotatable bonds is 12. The standard InChI is InChI=1S/C47H50ClF3N8O7S/c1-29-27-58(43-23-32-12-15-52-44(32)54-46(43)66-29)41-24-36(57-18-16-56(17-19-57)28-33-22-34(47(49,50)51)4-9-38(33)31-2-5-35(48)6-3-31)7-10-39(41)45(60)55-67(63,64)37-8-11-40(42(25-37)59(61)62)53-26-30-13-20-65-21-14-30/h2-3,5-8,10-12,15,23-25,29-30,34,53H,4,9,13-14,16-22,26-28H2,1H3,(H,52,54)(H,55,60)/t29-,34-/m1/s1. The first-order chi connectivity index (χ1) is 32.1. The van der Waals surface area contributed by atoms with Gasteiger partial charge < -0.3 is 29.6 Å². The van der Waals surface area contributed by atoms with Gasteiger partial charge in [-0.3, -0.25) is 19.8 Å². The molecule has 2 atom stereocenters. The highest BCUT2D eigenvalue weighted by molar-refractivity contribution is 7.90. The van der Waals surface area contributed by atoms with Crippen LogP contribution in [-0.2, 0) is 14.8 Å². The summed E-state index contributed by atoms with van der Waals surface area (Å²) in [4.78, 5) is 39.4. The molecule has 0 bridgehead atoms. The first-order valence-corrected chi connectivity index (χ1v) is 24.2. The van der Waals surface area contributed by atoms with Crippen molar-refractivity contribution in [3.63, 3.8) is 0 Å². The summed E-state index contributed by atoms with van der Waals surface area (Å²) in [5, 5.41) is 16.6. The van der Waals surface area contributed by atoms with Crippen LogP contribution >= 0.6 is 11.6 Å². The van der Waals surface area contributed by atoms with Crippen molar-refractivity contribution in [1.82, 2.24) is 19.6 Å². The van der Waals surface area contributed by atoms with Gasteiger partial charge in [0.1, 0.15) is 23.1 Å². The fraction of sp³-hybridized carbons (Fsp3) is 0.404. The maximum atomic E-state index is 14.3. The highest BCUT2D eigenvalue weighted by Crippen LogP contribution is 2.44. The molecule has 5 aromatic rings. The number of aromatic amines is 1. The summed E-state index contributed by atoms with van der Waals surface area (Å²) in [5.41, 5.74) is 4.57. The lowest BCUT2D eigenvalue weighted by atomic mass is 9.80. The molecule has 2 aromatic heterocycles. The van der Waals surface area contributed by atoms with E-state index in [2.05, 4.69) is 24.8 Å². The van der Waals surface area contributed by atoms with E-state index in [1.165, 1.54) is 12.1 Å². The molecule has 0 saturated carbocycles. The molecule has 0 radical (unpaired) electrons. The number of aromatic nitrogens is 2. The summed E-state index contributed by atoms with van der Waals surface area (Å²) in [6.45, 7) is 6.30. The van der Waals surface area contributed by atoms with Crippen LogP contribution in [0.1, 0.15) is 54.9 Å². The predicted octanol–water partition coefficient (Wildman–Crippen LogP) is 8.94. The number of ether oxygens (including phenoxy) is 2. The molecular weight excluding hydrogens is 913 g/mol. The number of anilines is 4. The van der Waals surface area contributed by atoms with Gasteiger partial charge in [0.2, 0.25) is 5.88 Å². The number of nitro groups is 1. The van der Waals surface area contributed by atoms with Gasteiger partial charge in [0.15, 0.2) is 0 Å². The second-order valence-electron chi connectivity index (χ2n) is 17.6. The minimum Gasteiger partial charge on any atom is -0.471 e. The Morgan fingerprint density at radius 1 is 0.985 bits per heavy atom. The Bertz CT molecular complexity index is 2810. The number of hydrogen-bond acceptors (Lipinski definition) is 12. The number of carbonyl (C=O) groups excluding carboxylic acids is 1. The number of sulfonamides is 1. The van der Waals surface area contributed by atoms with Crippen molar-refractivity contribution in [3.8, 4) is 5.88 Å². The molecule has 15 nitrogen and oxygen atoms in total. The predicted molar refractivity (Wildman–Crippen MR) is 250 cm³/mol. The molecule has 9 rings (SSSR count). The van der Waals surface area contributed by atoms with Crippen LogP contribution < -0.4 is 24.6 Å². The molecule has 3 aromatic carbocycles. The molecule has 354 valence electrons. The lowest BCUT2D eigenvalue weighted by molar-refractivity contribution is -0.384. The van der Waals surface area contributed by atoms with Gasteiger partial charge in [-0.1, -0.05) is 29.3 Å². The molecule has 2 saturated heterocycles. The normalized spacial score (nSPS) is 19.8. The van der Waals surface area contributed by atoms with Crippen LogP contribution in [0.5, 0.6) is 5.88 Å². The first-order valence-electron chi connectivity index (χ1n) is 22.3. The highest BCUT2D eigenvalue weighted by atomic mass is 35.5. The summed E-state index contributed by atoms with van der Waals surface area (Å²) >= 11 is 6.15. The lowest BCUT2D eigenvalue weighted by Gasteiger charge is -2.39. The number of fused-ring (bicyclic) bond motifs is 2. The minimum atomic E-state index is -4.64. The number of nitro benzene ring substituents is 1. The third-order valence-corrected chi connectivity index (χ3v) is 14.7. The van der Waals surface area contributed by atoms with E-state index in [9.17, 15) is 36.5 Å². The third kappa shape index (κ3) is 10.2.